The first-order valence-electron chi connectivity index (χ1n) is 2.74. The molecule has 0 aliphatic carbocycles. The van der Waals surface area contributed by atoms with Gasteiger partial charge in [-0.2, -0.15) is 0 Å². The molecular weight excluding hydrogens is 128 g/mol. The molecule has 10 heavy (non-hydrogen) atoms. The van der Waals surface area contributed by atoms with Crippen molar-refractivity contribution < 1.29 is 9.59 Å². The molecule has 0 heterocycles. The highest BCUT2D eigenvalue weighted by Crippen LogP contribution is 1.95. The van der Waals surface area contributed by atoms with Gasteiger partial charge in [-0.25, -0.2) is 0 Å². The molecule has 1 aromatic carbocycles. The Bertz CT molecular complexity index is 239. The van der Waals surface area contributed by atoms with Gasteiger partial charge in [-0.1, -0.05) is 24.3 Å². The van der Waals surface area contributed by atoms with Crippen molar-refractivity contribution in [1.29, 1.82) is 0 Å². The average Bonchev–Trinajstić information content (AvgIpc) is 2.05. The molecule has 48 valence electrons. The third kappa shape index (κ3) is 1.29. The van der Waals surface area contributed by atoms with Gasteiger partial charge in [0.2, 0.25) is 5.78 Å². The SMILES string of the molecule is O=[C]C(=O)c1[c]cccc1. The molecule has 0 unspecified atom stereocenters. The van der Waals surface area contributed by atoms with Gasteiger partial charge in [-0.05, 0) is 6.07 Å². The molecule has 0 fully saturated rings. The molecule has 1 aromatic rings. The summed E-state index contributed by atoms with van der Waals surface area (Å²) in [6.07, 6.45) is 1.26. The van der Waals surface area contributed by atoms with Crippen LogP contribution in [0.15, 0.2) is 24.3 Å². The average molecular weight is 132 g/mol. The number of hydrogen-bond donors (Lipinski definition) is 0. The highest BCUT2D eigenvalue weighted by Gasteiger charge is 2.01. The molecule has 2 radical (unpaired) electrons. The maximum atomic E-state index is 10.6. The normalized spacial score (nSPS) is 8.80. The summed E-state index contributed by atoms with van der Waals surface area (Å²) in [7, 11) is 0. The Morgan fingerprint density at radius 3 is 2.80 bits per heavy atom. The van der Waals surface area contributed by atoms with E-state index in [1.165, 1.54) is 12.4 Å². The summed E-state index contributed by atoms with van der Waals surface area (Å²) in [4.78, 5) is 20.4. The molecule has 0 bridgehead atoms. The number of carbonyl (C=O) groups is 1. The zero-order valence-corrected chi connectivity index (χ0v) is 5.13. The van der Waals surface area contributed by atoms with Crippen molar-refractivity contribution in [3.05, 3.63) is 35.9 Å². The summed E-state index contributed by atoms with van der Waals surface area (Å²) in [6.45, 7) is 0. The van der Waals surface area contributed by atoms with Gasteiger partial charge in [0.25, 0.3) is 6.29 Å². The van der Waals surface area contributed by atoms with E-state index in [9.17, 15) is 9.59 Å². The van der Waals surface area contributed by atoms with Crippen molar-refractivity contribution in [2.24, 2.45) is 0 Å². The zero-order chi connectivity index (χ0) is 7.40. The van der Waals surface area contributed by atoms with Gasteiger partial charge >= 0.3 is 0 Å². The second kappa shape index (κ2) is 2.92. The molecular formula is C8H4O2. The minimum Gasteiger partial charge on any atom is -0.285 e. The second-order valence-corrected chi connectivity index (χ2v) is 1.71. The molecule has 0 aliphatic rings. The van der Waals surface area contributed by atoms with E-state index in [0.29, 0.717) is 0 Å². The second-order valence-electron chi connectivity index (χ2n) is 1.71. The van der Waals surface area contributed by atoms with Crippen LogP contribution in [0, 0.1) is 6.07 Å². The van der Waals surface area contributed by atoms with Crippen molar-refractivity contribution in [2.75, 3.05) is 0 Å². The van der Waals surface area contributed by atoms with Crippen LogP contribution in [0.3, 0.4) is 0 Å². The maximum Gasteiger partial charge on any atom is 0.277 e. The van der Waals surface area contributed by atoms with Gasteiger partial charge in [0, 0.05) is 5.56 Å². The highest BCUT2D eigenvalue weighted by atomic mass is 16.2. The first-order valence-corrected chi connectivity index (χ1v) is 2.74. The van der Waals surface area contributed by atoms with E-state index >= 15 is 0 Å². The van der Waals surface area contributed by atoms with Gasteiger partial charge in [-0.15, -0.1) is 0 Å². The Labute approximate surface area is 58.5 Å². The third-order valence-corrected chi connectivity index (χ3v) is 1.05. The van der Waals surface area contributed by atoms with Crippen molar-refractivity contribution in [3.63, 3.8) is 0 Å². The summed E-state index contributed by atoms with van der Waals surface area (Å²) >= 11 is 0. The lowest BCUT2D eigenvalue weighted by atomic mass is 10.1. The number of benzene rings is 1. The monoisotopic (exact) mass is 132 g/mol. The number of ketones is 1. The molecule has 0 atom stereocenters. The van der Waals surface area contributed by atoms with Crippen molar-refractivity contribution in [1.82, 2.24) is 0 Å². The number of hydrogen-bond acceptors (Lipinski definition) is 2. The first kappa shape index (κ1) is 6.68. The molecule has 0 spiro atoms. The van der Waals surface area contributed by atoms with Crippen LogP contribution in [0.4, 0.5) is 0 Å². The predicted molar refractivity (Wildman–Crippen MR) is 35.3 cm³/mol. The Balaban J connectivity index is 2.95. The smallest absolute Gasteiger partial charge is 0.277 e. The molecule has 0 aliphatic heterocycles. The predicted octanol–water partition coefficient (Wildman–Crippen LogP) is 0.779. The van der Waals surface area contributed by atoms with Gasteiger partial charge in [-0.3, -0.25) is 9.59 Å². The largest absolute Gasteiger partial charge is 0.285 e. The van der Waals surface area contributed by atoms with Crippen LogP contribution < -0.4 is 0 Å². The molecule has 0 saturated carbocycles. The van der Waals surface area contributed by atoms with Crippen molar-refractivity contribution in [3.8, 4) is 0 Å². The van der Waals surface area contributed by atoms with Gasteiger partial charge in [0.05, 0.1) is 0 Å². The topological polar surface area (TPSA) is 34.1 Å². The molecule has 1 rings (SSSR count). The molecule has 0 N–H and O–H groups in total. The Morgan fingerprint density at radius 2 is 2.30 bits per heavy atom. The summed E-state index contributed by atoms with van der Waals surface area (Å²) in [5.74, 6) is -0.652. The van der Waals surface area contributed by atoms with E-state index in [4.69, 9.17) is 0 Å². The minimum absolute atomic E-state index is 0.262. The van der Waals surface area contributed by atoms with Crippen LogP contribution in [0.1, 0.15) is 10.4 Å². The van der Waals surface area contributed by atoms with Gasteiger partial charge in [0.15, 0.2) is 0 Å². The summed E-state index contributed by atoms with van der Waals surface area (Å²) in [5.41, 5.74) is 0.262. The van der Waals surface area contributed by atoms with E-state index in [-0.39, 0.29) is 5.56 Å². The molecule has 0 saturated heterocycles. The lowest BCUT2D eigenvalue weighted by Gasteiger charge is -1.87. The van der Waals surface area contributed by atoms with Crippen LogP contribution in [0.25, 0.3) is 0 Å². The molecule has 2 heteroatoms. The van der Waals surface area contributed by atoms with Crippen LogP contribution >= 0.6 is 0 Å². The van der Waals surface area contributed by atoms with E-state index in [1.54, 1.807) is 18.2 Å². The van der Waals surface area contributed by atoms with Crippen molar-refractivity contribution >= 4 is 12.1 Å². The van der Waals surface area contributed by atoms with Crippen LogP contribution in [-0.4, -0.2) is 12.1 Å². The number of Topliss-reactive ketones (excluding diaryl/α,β-unsaturated/α-hetero) is 1. The quantitative estimate of drug-likeness (QED) is 0.440. The van der Waals surface area contributed by atoms with Crippen molar-refractivity contribution in [2.45, 2.75) is 0 Å². The lowest BCUT2D eigenvalue weighted by molar-refractivity contribution is 0.106. The Morgan fingerprint density at radius 1 is 1.50 bits per heavy atom. The van der Waals surface area contributed by atoms with E-state index < -0.39 is 5.78 Å². The molecule has 2 nitrogen and oxygen atoms in total. The van der Waals surface area contributed by atoms with E-state index in [1.807, 2.05) is 0 Å². The molecule has 0 amide bonds. The summed E-state index contributed by atoms with van der Waals surface area (Å²) in [5, 5.41) is 0. The third-order valence-electron chi connectivity index (χ3n) is 1.05. The highest BCUT2D eigenvalue weighted by molar-refractivity contribution is 6.33. The summed E-state index contributed by atoms with van der Waals surface area (Å²) in [6, 6.07) is 9.09. The van der Waals surface area contributed by atoms with Crippen LogP contribution in [0.2, 0.25) is 0 Å². The number of carbonyl (C=O) groups excluding carboxylic acids is 2. The van der Waals surface area contributed by atoms with E-state index in [0.717, 1.165) is 0 Å². The van der Waals surface area contributed by atoms with Gasteiger partial charge < -0.3 is 0 Å². The summed E-state index contributed by atoms with van der Waals surface area (Å²) < 4.78 is 0. The fourth-order valence-corrected chi connectivity index (χ4v) is 0.590. The first-order chi connectivity index (χ1) is 4.84. The Hall–Kier alpha value is -1.44. The van der Waals surface area contributed by atoms with Crippen LogP contribution in [-0.2, 0) is 4.79 Å². The van der Waals surface area contributed by atoms with Gasteiger partial charge in [0.1, 0.15) is 0 Å². The lowest BCUT2D eigenvalue weighted by Crippen LogP contribution is -1.98. The number of rotatable bonds is 2. The van der Waals surface area contributed by atoms with E-state index in [2.05, 4.69) is 6.07 Å². The minimum atomic E-state index is -0.652. The molecule has 0 aromatic heterocycles. The fraction of sp³-hybridized carbons (Fsp3) is 0. The fourth-order valence-electron chi connectivity index (χ4n) is 0.590. The Kier molecular flexibility index (Phi) is 1.95. The zero-order valence-electron chi connectivity index (χ0n) is 5.13. The standard InChI is InChI=1S/C8H4O2/c9-6-8(10)7-4-2-1-3-5-7/h1-4H. The maximum absolute atomic E-state index is 10.6. The van der Waals surface area contributed by atoms with Crippen LogP contribution in [0.5, 0.6) is 0 Å².